The molecule has 0 aliphatic rings. The first-order valence-electron chi connectivity index (χ1n) is 5.85. The summed E-state index contributed by atoms with van der Waals surface area (Å²) in [6.07, 6.45) is 1.61. The molecule has 0 aromatic heterocycles. The molecule has 2 heteroatoms. The van der Waals surface area contributed by atoms with Gasteiger partial charge in [-0.05, 0) is 30.2 Å². The summed E-state index contributed by atoms with van der Waals surface area (Å²) in [5.74, 6) is -0.109. The summed E-state index contributed by atoms with van der Waals surface area (Å²) < 4.78 is 0. The molecule has 0 aliphatic carbocycles. The predicted molar refractivity (Wildman–Crippen MR) is 75.2 cm³/mol. The Labute approximate surface area is 107 Å². The summed E-state index contributed by atoms with van der Waals surface area (Å²) in [4.78, 5) is 11.8. The van der Waals surface area contributed by atoms with E-state index in [1.165, 1.54) is 0 Å². The normalized spacial score (nSPS) is 11.1. The number of benzene rings is 2. The van der Waals surface area contributed by atoms with Crippen LogP contribution in [0.15, 0.2) is 66.7 Å². The van der Waals surface area contributed by atoms with Gasteiger partial charge in [-0.25, -0.2) is 0 Å². The molecule has 0 spiro atoms. The Hall–Kier alpha value is -2.35. The van der Waals surface area contributed by atoms with Gasteiger partial charge >= 0.3 is 0 Å². The Kier molecular flexibility index (Phi) is 3.92. The van der Waals surface area contributed by atoms with E-state index in [4.69, 9.17) is 0 Å². The lowest BCUT2D eigenvalue weighted by Gasteiger charge is -2.03. The van der Waals surface area contributed by atoms with Crippen LogP contribution in [-0.2, 0) is 4.79 Å². The molecular weight excluding hydrogens is 222 g/mol. The highest BCUT2D eigenvalue weighted by molar-refractivity contribution is 6.03. The zero-order valence-corrected chi connectivity index (χ0v) is 10.3. The van der Waals surface area contributed by atoms with Crippen LogP contribution >= 0.6 is 0 Å². The zero-order valence-electron chi connectivity index (χ0n) is 10.3. The van der Waals surface area contributed by atoms with Gasteiger partial charge in [0.05, 0.1) is 0 Å². The third kappa shape index (κ3) is 3.32. The second-order valence-corrected chi connectivity index (χ2v) is 4.05. The summed E-state index contributed by atoms with van der Waals surface area (Å²) in [7, 11) is 0. The number of hydrogen-bond acceptors (Lipinski definition) is 1. The monoisotopic (exact) mass is 237 g/mol. The molecule has 0 bridgehead atoms. The Morgan fingerprint density at radius 1 is 0.944 bits per heavy atom. The molecule has 0 unspecified atom stereocenters. The van der Waals surface area contributed by atoms with Crippen molar-refractivity contribution in [3.05, 3.63) is 72.3 Å². The molecule has 2 aromatic rings. The number of rotatable bonds is 3. The molecule has 2 rings (SSSR count). The number of carbonyl (C=O) groups is 1. The van der Waals surface area contributed by atoms with Crippen molar-refractivity contribution in [2.75, 3.05) is 5.32 Å². The molecule has 0 fully saturated rings. The van der Waals surface area contributed by atoms with Gasteiger partial charge < -0.3 is 5.32 Å². The Morgan fingerprint density at radius 3 is 2.11 bits per heavy atom. The van der Waals surface area contributed by atoms with Gasteiger partial charge in [0.2, 0.25) is 5.91 Å². The smallest absolute Gasteiger partial charge is 0.248 e. The van der Waals surface area contributed by atoms with Crippen molar-refractivity contribution in [2.45, 2.75) is 6.92 Å². The van der Waals surface area contributed by atoms with Crippen molar-refractivity contribution >= 4 is 17.2 Å². The highest BCUT2D eigenvalue weighted by atomic mass is 16.1. The first-order valence-corrected chi connectivity index (χ1v) is 5.85. The molecule has 1 amide bonds. The SMILES string of the molecule is CC(=CC(=O)Nc1ccccc1)c1ccccc1. The van der Waals surface area contributed by atoms with Gasteiger partial charge in [-0.15, -0.1) is 0 Å². The molecule has 0 radical (unpaired) electrons. The highest BCUT2D eigenvalue weighted by Crippen LogP contribution is 2.13. The molecule has 0 saturated heterocycles. The number of anilines is 1. The van der Waals surface area contributed by atoms with E-state index in [0.717, 1.165) is 16.8 Å². The summed E-state index contributed by atoms with van der Waals surface area (Å²) in [6, 6.07) is 19.3. The highest BCUT2D eigenvalue weighted by Gasteiger charge is 2.00. The molecule has 2 aromatic carbocycles. The number of hydrogen-bond donors (Lipinski definition) is 1. The summed E-state index contributed by atoms with van der Waals surface area (Å²) >= 11 is 0. The van der Waals surface area contributed by atoms with Gasteiger partial charge in [0.1, 0.15) is 0 Å². The van der Waals surface area contributed by atoms with Gasteiger partial charge in [-0.3, -0.25) is 4.79 Å². The maximum absolute atomic E-state index is 11.8. The Bertz CT molecular complexity index is 544. The number of carbonyl (C=O) groups excluding carboxylic acids is 1. The van der Waals surface area contributed by atoms with Crippen molar-refractivity contribution < 1.29 is 4.79 Å². The fraction of sp³-hybridized carbons (Fsp3) is 0.0625. The van der Waals surface area contributed by atoms with Crippen molar-refractivity contribution in [1.82, 2.24) is 0 Å². The van der Waals surface area contributed by atoms with E-state index in [1.807, 2.05) is 67.6 Å². The number of amides is 1. The van der Waals surface area contributed by atoms with Crippen molar-refractivity contribution in [3.8, 4) is 0 Å². The maximum Gasteiger partial charge on any atom is 0.248 e. The molecule has 0 heterocycles. The molecule has 0 saturated carbocycles. The molecule has 0 aliphatic heterocycles. The van der Waals surface area contributed by atoms with Crippen LogP contribution in [0.4, 0.5) is 5.69 Å². The van der Waals surface area contributed by atoms with E-state index in [-0.39, 0.29) is 5.91 Å². The molecule has 1 N–H and O–H groups in total. The van der Waals surface area contributed by atoms with Crippen molar-refractivity contribution in [2.24, 2.45) is 0 Å². The third-order valence-electron chi connectivity index (χ3n) is 2.62. The largest absolute Gasteiger partial charge is 0.323 e. The van der Waals surface area contributed by atoms with Crippen LogP contribution < -0.4 is 5.32 Å². The quantitative estimate of drug-likeness (QED) is 0.810. The second-order valence-electron chi connectivity index (χ2n) is 4.05. The summed E-state index contributed by atoms with van der Waals surface area (Å²) in [5.41, 5.74) is 2.81. The molecular formula is C16H15NO. The minimum atomic E-state index is -0.109. The van der Waals surface area contributed by atoms with Crippen molar-refractivity contribution in [3.63, 3.8) is 0 Å². The van der Waals surface area contributed by atoms with E-state index >= 15 is 0 Å². The molecule has 0 atom stereocenters. The zero-order chi connectivity index (χ0) is 12.8. The average molecular weight is 237 g/mol. The lowest BCUT2D eigenvalue weighted by molar-refractivity contribution is -0.111. The van der Waals surface area contributed by atoms with Crippen LogP contribution in [0, 0.1) is 0 Å². The van der Waals surface area contributed by atoms with Crippen LogP contribution in [0.3, 0.4) is 0 Å². The fourth-order valence-electron chi connectivity index (χ4n) is 1.68. The topological polar surface area (TPSA) is 29.1 Å². The summed E-state index contributed by atoms with van der Waals surface area (Å²) in [6.45, 7) is 1.93. The predicted octanol–water partition coefficient (Wildman–Crippen LogP) is 3.73. The Balaban J connectivity index is 2.07. The molecule has 18 heavy (non-hydrogen) atoms. The fourth-order valence-corrected chi connectivity index (χ4v) is 1.68. The van der Waals surface area contributed by atoms with Crippen LogP contribution in [-0.4, -0.2) is 5.91 Å². The lowest BCUT2D eigenvalue weighted by Crippen LogP contribution is -2.08. The van der Waals surface area contributed by atoms with Gasteiger partial charge in [-0.1, -0.05) is 48.5 Å². The average Bonchev–Trinajstić information content (AvgIpc) is 2.40. The van der Waals surface area contributed by atoms with E-state index in [0.29, 0.717) is 0 Å². The molecule has 90 valence electrons. The number of allylic oxidation sites excluding steroid dienone is 1. The van der Waals surface area contributed by atoms with Gasteiger partial charge in [-0.2, -0.15) is 0 Å². The third-order valence-corrected chi connectivity index (χ3v) is 2.62. The van der Waals surface area contributed by atoms with Crippen LogP contribution in [0.25, 0.3) is 5.57 Å². The van der Waals surface area contributed by atoms with Crippen LogP contribution in [0.1, 0.15) is 12.5 Å². The Morgan fingerprint density at radius 2 is 1.50 bits per heavy atom. The first-order chi connectivity index (χ1) is 8.75. The molecule has 2 nitrogen and oxygen atoms in total. The van der Waals surface area contributed by atoms with E-state index in [2.05, 4.69) is 5.32 Å². The van der Waals surface area contributed by atoms with Gasteiger partial charge in [0, 0.05) is 11.8 Å². The van der Waals surface area contributed by atoms with Crippen LogP contribution in [0.2, 0.25) is 0 Å². The lowest BCUT2D eigenvalue weighted by atomic mass is 10.1. The van der Waals surface area contributed by atoms with E-state index < -0.39 is 0 Å². The minimum absolute atomic E-state index is 0.109. The van der Waals surface area contributed by atoms with Crippen LogP contribution in [0.5, 0.6) is 0 Å². The maximum atomic E-state index is 11.8. The number of nitrogens with one attached hydrogen (secondary N) is 1. The number of para-hydroxylation sites is 1. The minimum Gasteiger partial charge on any atom is -0.323 e. The van der Waals surface area contributed by atoms with Gasteiger partial charge in [0.15, 0.2) is 0 Å². The van der Waals surface area contributed by atoms with E-state index in [1.54, 1.807) is 6.08 Å². The first kappa shape index (κ1) is 12.1. The summed E-state index contributed by atoms with van der Waals surface area (Å²) in [5, 5.41) is 2.83. The van der Waals surface area contributed by atoms with E-state index in [9.17, 15) is 4.79 Å². The standard InChI is InChI=1S/C16H15NO/c1-13(14-8-4-2-5-9-14)12-16(18)17-15-10-6-3-7-11-15/h2-12H,1H3,(H,17,18). The van der Waals surface area contributed by atoms with Crippen molar-refractivity contribution in [1.29, 1.82) is 0 Å². The second kappa shape index (κ2) is 5.82. The van der Waals surface area contributed by atoms with Gasteiger partial charge in [0.25, 0.3) is 0 Å².